The van der Waals surface area contributed by atoms with E-state index in [4.69, 9.17) is 10.5 Å². The first-order valence-corrected chi connectivity index (χ1v) is 8.16. The molecule has 1 saturated heterocycles. The van der Waals surface area contributed by atoms with Crippen molar-refractivity contribution in [1.29, 1.82) is 0 Å². The highest BCUT2D eigenvalue weighted by Gasteiger charge is 2.22. The Morgan fingerprint density at radius 1 is 1.08 bits per heavy atom. The summed E-state index contributed by atoms with van der Waals surface area (Å²) in [4.78, 5) is 16.9. The number of nitrogens with two attached hydrogens (primary N) is 1. The molecular weight excluding hydrogens is 302 g/mol. The Labute approximate surface area is 142 Å². The molecule has 0 aromatic heterocycles. The number of piperazine rings is 1. The van der Waals surface area contributed by atoms with Gasteiger partial charge in [0.1, 0.15) is 5.75 Å². The van der Waals surface area contributed by atoms with Crippen LogP contribution in [0.3, 0.4) is 0 Å². The molecule has 2 aromatic rings. The maximum atomic E-state index is 12.7. The van der Waals surface area contributed by atoms with Gasteiger partial charge >= 0.3 is 0 Å². The molecule has 5 heteroatoms. The van der Waals surface area contributed by atoms with E-state index < -0.39 is 0 Å². The highest BCUT2D eigenvalue weighted by atomic mass is 16.5. The zero-order valence-electron chi connectivity index (χ0n) is 13.9. The summed E-state index contributed by atoms with van der Waals surface area (Å²) in [6.45, 7) is 4.13. The number of nitrogens with zero attached hydrogens (tertiary/aromatic N) is 2. The Hall–Kier alpha value is -2.53. The van der Waals surface area contributed by atoms with Gasteiger partial charge in [0, 0.05) is 50.0 Å². The van der Waals surface area contributed by atoms with E-state index in [1.54, 1.807) is 25.3 Å². The van der Waals surface area contributed by atoms with Crippen molar-refractivity contribution in [1.82, 2.24) is 9.80 Å². The third kappa shape index (κ3) is 3.86. The van der Waals surface area contributed by atoms with Gasteiger partial charge in [-0.2, -0.15) is 0 Å². The highest BCUT2D eigenvalue weighted by Crippen LogP contribution is 2.20. The number of rotatable bonds is 4. The Bertz CT molecular complexity index is 695. The van der Waals surface area contributed by atoms with Gasteiger partial charge in [0.15, 0.2) is 0 Å². The SMILES string of the molecule is COc1cc(N)cc(C(=O)N2CCN(Cc3ccccc3)CC2)c1. The van der Waals surface area contributed by atoms with Gasteiger partial charge in [-0.1, -0.05) is 30.3 Å². The van der Waals surface area contributed by atoms with E-state index in [0.717, 1.165) is 32.7 Å². The predicted molar refractivity (Wildman–Crippen MR) is 95.0 cm³/mol. The summed E-state index contributed by atoms with van der Waals surface area (Å²) in [6.07, 6.45) is 0. The predicted octanol–water partition coefficient (Wildman–Crippen LogP) is 2.24. The van der Waals surface area contributed by atoms with Crippen LogP contribution in [0, 0.1) is 0 Å². The van der Waals surface area contributed by atoms with Crippen molar-refractivity contribution in [2.24, 2.45) is 0 Å². The number of methoxy groups -OCH3 is 1. The van der Waals surface area contributed by atoms with Gasteiger partial charge < -0.3 is 15.4 Å². The van der Waals surface area contributed by atoms with Gasteiger partial charge in [-0.25, -0.2) is 0 Å². The Balaban J connectivity index is 1.60. The smallest absolute Gasteiger partial charge is 0.254 e. The third-order valence-corrected chi connectivity index (χ3v) is 4.32. The van der Waals surface area contributed by atoms with Crippen LogP contribution in [-0.2, 0) is 6.54 Å². The minimum atomic E-state index is 0.0139. The van der Waals surface area contributed by atoms with Crippen molar-refractivity contribution < 1.29 is 9.53 Å². The Morgan fingerprint density at radius 2 is 1.79 bits per heavy atom. The van der Waals surface area contributed by atoms with Gasteiger partial charge in [-0.15, -0.1) is 0 Å². The van der Waals surface area contributed by atoms with Crippen molar-refractivity contribution in [2.75, 3.05) is 39.0 Å². The topological polar surface area (TPSA) is 58.8 Å². The summed E-state index contributed by atoms with van der Waals surface area (Å²) >= 11 is 0. The molecule has 0 unspecified atom stereocenters. The fourth-order valence-electron chi connectivity index (χ4n) is 3.00. The normalized spacial score (nSPS) is 15.3. The van der Waals surface area contributed by atoms with Crippen LogP contribution in [0.15, 0.2) is 48.5 Å². The maximum Gasteiger partial charge on any atom is 0.254 e. The molecule has 0 saturated carbocycles. The molecule has 126 valence electrons. The molecule has 0 spiro atoms. The van der Waals surface area contributed by atoms with Crippen LogP contribution in [0.5, 0.6) is 5.75 Å². The monoisotopic (exact) mass is 325 g/mol. The van der Waals surface area contributed by atoms with E-state index in [1.165, 1.54) is 5.56 Å². The number of anilines is 1. The molecule has 2 N–H and O–H groups in total. The first-order valence-electron chi connectivity index (χ1n) is 8.16. The number of carbonyl (C=O) groups excluding carboxylic acids is 1. The van der Waals surface area contributed by atoms with Crippen molar-refractivity contribution in [3.8, 4) is 5.75 Å². The lowest BCUT2D eigenvalue weighted by Gasteiger charge is -2.34. The van der Waals surface area contributed by atoms with E-state index in [1.807, 2.05) is 11.0 Å². The van der Waals surface area contributed by atoms with Crippen LogP contribution >= 0.6 is 0 Å². The molecule has 0 atom stereocenters. The number of benzene rings is 2. The number of nitrogen functional groups attached to an aromatic ring is 1. The second-order valence-electron chi connectivity index (χ2n) is 6.05. The largest absolute Gasteiger partial charge is 0.497 e. The first-order chi connectivity index (χ1) is 11.7. The zero-order chi connectivity index (χ0) is 16.9. The fraction of sp³-hybridized carbons (Fsp3) is 0.316. The first kappa shape index (κ1) is 16.3. The van der Waals surface area contributed by atoms with Crippen LogP contribution in [0.1, 0.15) is 15.9 Å². The summed E-state index contributed by atoms with van der Waals surface area (Å²) in [5.74, 6) is 0.626. The van der Waals surface area contributed by atoms with Gasteiger partial charge in [-0.3, -0.25) is 9.69 Å². The van der Waals surface area contributed by atoms with E-state index in [-0.39, 0.29) is 5.91 Å². The number of hydrogen-bond donors (Lipinski definition) is 1. The lowest BCUT2D eigenvalue weighted by atomic mass is 10.1. The van der Waals surface area contributed by atoms with E-state index in [2.05, 4.69) is 29.2 Å². The minimum Gasteiger partial charge on any atom is -0.497 e. The maximum absolute atomic E-state index is 12.7. The van der Waals surface area contributed by atoms with Gasteiger partial charge in [0.25, 0.3) is 5.91 Å². The molecular formula is C19H23N3O2. The second-order valence-corrected chi connectivity index (χ2v) is 6.05. The summed E-state index contributed by atoms with van der Waals surface area (Å²) in [5.41, 5.74) is 8.28. The van der Waals surface area contributed by atoms with Crippen molar-refractivity contribution in [3.63, 3.8) is 0 Å². The van der Waals surface area contributed by atoms with Crippen molar-refractivity contribution in [3.05, 3.63) is 59.7 Å². The number of amides is 1. The van der Waals surface area contributed by atoms with E-state index >= 15 is 0 Å². The fourth-order valence-corrected chi connectivity index (χ4v) is 3.00. The van der Waals surface area contributed by atoms with Gasteiger partial charge in [0.05, 0.1) is 7.11 Å². The molecule has 1 amide bonds. The van der Waals surface area contributed by atoms with E-state index in [9.17, 15) is 4.79 Å². The van der Waals surface area contributed by atoms with Crippen LogP contribution in [0.4, 0.5) is 5.69 Å². The molecule has 5 nitrogen and oxygen atoms in total. The molecule has 0 bridgehead atoms. The lowest BCUT2D eigenvalue weighted by Crippen LogP contribution is -2.48. The molecule has 24 heavy (non-hydrogen) atoms. The standard InChI is InChI=1S/C19H23N3O2/c1-24-18-12-16(11-17(20)13-18)19(23)22-9-7-21(8-10-22)14-15-5-3-2-4-6-15/h2-6,11-13H,7-10,14,20H2,1H3. The van der Waals surface area contributed by atoms with Crippen molar-refractivity contribution in [2.45, 2.75) is 6.54 Å². The quantitative estimate of drug-likeness (QED) is 0.876. The molecule has 1 aliphatic rings. The lowest BCUT2D eigenvalue weighted by molar-refractivity contribution is 0.0628. The Morgan fingerprint density at radius 3 is 2.46 bits per heavy atom. The average molecular weight is 325 g/mol. The highest BCUT2D eigenvalue weighted by molar-refractivity contribution is 5.95. The van der Waals surface area contributed by atoms with E-state index in [0.29, 0.717) is 17.0 Å². The van der Waals surface area contributed by atoms with Crippen LogP contribution < -0.4 is 10.5 Å². The van der Waals surface area contributed by atoms with Gasteiger partial charge in [-0.05, 0) is 17.7 Å². The van der Waals surface area contributed by atoms with Crippen LogP contribution in [0.2, 0.25) is 0 Å². The third-order valence-electron chi connectivity index (χ3n) is 4.32. The molecule has 0 aliphatic carbocycles. The second kappa shape index (κ2) is 7.36. The van der Waals surface area contributed by atoms with Crippen LogP contribution in [0.25, 0.3) is 0 Å². The summed E-state index contributed by atoms with van der Waals surface area (Å²) in [5, 5.41) is 0. The molecule has 2 aromatic carbocycles. The number of carbonyl (C=O) groups is 1. The molecule has 1 fully saturated rings. The molecule has 3 rings (SSSR count). The summed E-state index contributed by atoms with van der Waals surface area (Å²) in [7, 11) is 1.57. The number of ether oxygens (including phenoxy) is 1. The molecule has 1 heterocycles. The molecule has 0 radical (unpaired) electrons. The summed E-state index contributed by atoms with van der Waals surface area (Å²) in [6, 6.07) is 15.6. The van der Waals surface area contributed by atoms with Crippen LogP contribution in [-0.4, -0.2) is 49.0 Å². The summed E-state index contributed by atoms with van der Waals surface area (Å²) < 4.78 is 5.20. The minimum absolute atomic E-state index is 0.0139. The average Bonchev–Trinajstić information content (AvgIpc) is 2.62. The zero-order valence-corrected chi connectivity index (χ0v) is 13.9. The number of hydrogen-bond acceptors (Lipinski definition) is 4. The Kier molecular flexibility index (Phi) is 5.01. The van der Waals surface area contributed by atoms with Gasteiger partial charge in [0.2, 0.25) is 0 Å². The molecule has 1 aliphatic heterocycles. The van der Waals surface area contributed by atoms with Crippen molar-refractivity contribution >= 4 is 11.6 Å².